The van der Waals surface area contributed by atoms with E-state index in [1.807, 2.05) is 0 Å². The Kier molecular flexibility index (Phi) is 4.09. The molecule has 0 atom stereocenters. The van der Waals surface area contributed by atoms with Gasteiger partial charge in [0.2, 0.25) is 0 Å². The fourth-order valence-corrected chi connectivity index (χ4v) is 0.436. The van der Waals surface area contributed by atoms with Crippen LogP contribution in [0.25, 0.3) is 0 Å². The molecule has 0 unspecified atom stereocenters. The minimum atomic E-state index is -0.441. The summed E-state index contributed by atoms with van der Waals surface area (Å²) >= 11 is 0. The number of rotatable bonds is 1. The van der Waals surface area contributed by atoms with Gasteiger partial charge in [0.05, 0.1) is 6.26 Å². The van der Waals surface area contributed by atoms with Crippen molar-refractivity contribution in [2.24, 2.45) is 0 Å². The Hall–Kier alpha value is -0.683. The summed E-state index contributed by atoms with van der Waals surface area (Å²) in [4.78, 5) is 0. The molecule has 0 amide bonds. The Bertz CT molecular complexity index is 118. The monoisotopic (exact) mass is 125 g/mol. The minimum absolute atomic E-state index is 0.441. The van der Waals surface area contributed by atoms with Crippen LogP contribution in [0.1, 0.15) is 0 Å². The van der Waals surface area contributed by atoms with Gasteiger partial charge < -0.3 is 4.74 Å². The molecule has 0 rings (SSSR count). The quantitative estimate of drug-likeness (QED) is 0.292. The second-order valence-electron chi connectivity index (χ2n) is 1.51. The van der Waals surface area contributed by atoms with Crippen molar-refractivity contribution in [1.29, 1.82) is 0 Å². The molecule has 0 aromatic heterocycles. The summed E-state index contributed by atoms with van der Waals surface area (Å²) in [6.07, 6.45) is 3.84. The topological polar surface area (TPSA) is 9.23 Å². The van der Waals surface area contributed by atoms with E-state index in [2.05, 4.69) is 36.1 Å². The van der Waals surface area contributed by atoms with Crippen LogP contribution < -0.4 is 0 Å². The summed E-state index contributed by atoms with van der Waals surface area (Å²) in [6, 6.07) is 0. The average molecular weight is 125 g/mol. The average Bonchev–Trinajstić information content (AvgIpc) is 1.66. The molecule has 0 N–H and O–H groups in total. The van der Waals surface area contributed by atoms with E-state index in [1.165, 1.54) is 6.26 Å². The van der Waals surface area contributed by atoms with Crippen LogP contribution in [0.2, 0.25) is 13.1 Å². The highest BCUT2D eigenvalue weighted by Gasteiger charge is 1.83. The van der Waals surface area contributed by atoms with Crippen molar-refractivity contribution >= 4 is 8.80 Å². The van der Waals surface area contributed by atoms with E-state index in [9.17, 15) is 0 Å². The molecule has 0 aromatic carbocycles. The normalized spacial score (nSPS) is 7.38. The van der Waals surface area contributed by atoms with Crippen molar-refractivity contribution in [2.75, 3.05) is 0 Å². The van der Waals surface area contributed by atoms with Gasteiger partial charge in [0.15, 0.2) is 0 Å². The fraction of sp³-hybridized carbons (Fsp3) is 0.333. The molecule has 0 aliphatic rings. The maximum absolute atomic E-state index is 4.57. The molecule has 0 heterocycles. The summed E-state index contributed by atoms with van der Waals surface area (Å²) in [6.45, 7) is 7.55. The van der Waals surface area contributed by atoms with Crippen molar-refractivity contribution in [3.8, 4) is 11.7 Å². The molecule has 2 heteroatoms. The first-order valence-corrected chi connectivity index (χ1v) is 4.85. The summed E-state index contributed by atoms with van der Waals surface area (Å²) < 4.78 is 4.57. The van der Waals surface area contributed by atoms with E-state index in [1.54, 1.807) is 0 Å². The standard InChI is InChI=1S/C6H9OSi/c1-4-7-5-6-8(2)3/h4H,1H2,2-3H3. The second-order valence-corrected chi connectivity index (χ2v) is 3.76. The van der Waals surface area contributed by atoms with Gasteiger partial charge in [-0.15, -0.1) is 0 Å². The third-order valence-electron chi connectivity index (χ3n) is 0.443. The number of hydrogen-bond donors (Lipinski definition) is 0. The molecule has 0 aliphatic heterocycles. The molecule has 0 saturated heterocycles. The predicted octanol–water partition coefficient (Wildman–Crippen LogP) is 1.40. The largest absolute Gasteiger partial charge is 0.416 e. The van der Waals surface area contributed by atoms with Gasteiger partial charge in [-0.3, -0.25) is 0 Å². The molecule has 0 aliphatic carbocycles. The van der Waals surface area contributed by atoms with Crippen LogP contribution in [0.5, 0.6) is 0 Å². The van der Waals surface area contributed by atoms with Crippen LogP contribution in [-0.4, -0.2) is 8.80 Å². The van der Waals surface area contributed by atoms with Crippen LogP contribution >= 0.6 is 0 Å². The molecule has 0 spiro atoms. The summed E-state index contributed by atoms with van der Waals surface area (Å²) in [5.74, 6) is 0. The molecule has 0 saturated carbocycles. The van der Waals surface area contributed by atoms with Crippen molar-refractivity contribution in [2.45, 2.75) is 13.1 Å². The summed E-state index contributed by atoms with van der Waals surface area (Å²) in [5, 5.41) is 0. The van der Waals surface area contributed by atoms with Gasteiger partial charge in [-0.25, -0.2) is 0 Å². The lowest BCUT2D eigenvalue weighted by molar-refractivity contribution is 0.442. The van der Waals surface area contributed by atoms with Crippen molar-refractivity contribution in [1.82, 2.24) is 0 Å². The van der Waals surface area contributed by atoms with Crippen LogP contribution in [0.3, 0.4) is 0 Å². The summed E-state index contributed by atoms with van der Waals surface area (Å²) in [5.41, 5.74) is 2.90. The first-order valence-electron chi connectivity index (χ1n) is 2.35. The fourth-order valence-electron chi connectivity index (χ4n) is 0.173. The molecule has 0 fully saturated rings. The molecule has 1 radical (unpaired) electrons. The van der Waals surface area contributed by atoms with Gasteiger partial charge >= 0.3 is 0 Å². The third kappa shape index (κ3) is 5.32. The van der Waals surface area contributed by atoms with Gasteiger partial charge in [0.25, 0.3) is 0 Å². The van der Waals surface area contributed by atoms with E-state index in [0.29, 0.717) is 0 Å². The van der Waals surface area contributed by atoms with E-state index in [0.717, 1.165) is 0 Å². The van der Waals surface area contributed by atoms with Gasteiger partial charge in [0.1, 0.15) is 14.9 Å². The lowest BCUT2D eigenvalue weighted by Crippen LogP contribution is -1.92. The lowest BCUT2D eigenvalue weighted by atomic mass is 11.1. The van der Waals surface area contributed by atoms with Gasteiger partial charge in [-0.1, -0.05) is 25.2 Å². The number of ether oxygens (including phenoxy) is 1. The highest BCUT2D eigenvalue weighted by atomic mass is 28.3. The highest BCUT2D eigenvalue weighted by Crippen LogP contribution is 1.73. The molecule has 1 nitrogen and oxygen atoms in total. The maximum atomic E-state index is 4.57. The van der Waals surface area contributed by atoms with Gasteiger partial charge in [-0.05, 0) is 0 Å². The molecule has 8 heavy (non-hydrogen) atoms. The zero-order valence-corrected chi connectivity index (χ0v) is 6.19. The zero-order chi connectivity index (χ0) is 6.41. The van der Waals surface area contributed by atoms with Crippen LogP contribution in [0.15, 0.2) is 12.8 Å². The third-order valence-corrected chi connectivity index (χ3v) is 1.05. The van der Waals surface area contributed by atoms with Crippen molar-refractivity contribution in [3.05, 3.63) is 12.8 Å². The Balaban J connectivity index is 3.34. The van der Waals surface area contributed by atoms with Crippen molar-refractivity contribution < 1.29 is 4.74 Å². The molecular formula is C6H9OSi. The zero-order valence-electron chi connectivity index (χ0n) is 5.19. The Morgan fingerprint density at radius 2 is 2.25 bits per heavy atom. The Morgan fingerprint density at radius 3 is 2.62 bits per heavy atom. The molecule has 0 bridgehead atoms. The summed E-state index contributed by atoms with van der Waals surface area (Å²) in [7, 11) is -0.441. The van der Waals surface area contributed by atoms with E-state index >= 15 is 0 Å². The van der Waals surface area contributed by atoms with Gasteiger partial charge in [0, 0.05) is 0 Å². The van der Waals surface area contributed by atoms with Crippen LogP contribution in [0, 0.1) is 11.7 Å². The minimum Gasteiger partial charge on any atom is -0.416 e. The van der Waals surface area contributed by atoms with E-state index < -0.39 is 8.80 Å². The van der Waals surface area contributed by atoms with E-state index in [4.69, 9.17) is 0 Å². The predicted molar refractivity (Wildman–Crippen MR) is 36.5 cm³/mol. The maximum Gasteiger partial charge on any atom is 0.142 e. The molecular weight excluding hydrogens is 116 g/mol. The Morgan fingerprint density at radius 1 is 1.62 bits per heavy atom. The van der Waals surface area contributed by atoms with E-state index in [-0.39, 0.29) is 0 Å². The van der Waals surface area contributed by atoms with Crippen LogP contribution in [0.4, 0.5) is 0 Å². The number of hydrogen-bond acceptors (Lipinski definition) is 1. The molecule has 43 valence electrons. The second kappa shape index (κ2) is 4.48. The first kappa shape index (κ1) is 7.32. The van der Waals surface area contributed by atoms with Crippen LogP contribution in [-0.2, 0) is 4.74 Å². The SMILES string of the molecule is C=COC#C[Si](C)C. The lowest BCUT2D eigenvalue weighted by Gasteiger charge is -1.82. The Labute approximate surface area is 52.0 Å². The smallest absolute Gasteiger partial charge is 0.142 e. The first-order chi connectivity index (χ1) is 3.77. The van der Waals surface area contributed by atoms with Gasteiger partial charge in [-0.2, -0.15) is 0 Å². The molecule has 0 aromatic rings. The highest BCUT2D eigenvalue weighted by molar-refractivity contribution is 6.64. The van der Waals surface area contributed by atoms with Crippen molar-refractivity contribution in [3.63, 3.8) is 0 Å².